The first-order valence-electron chi connectivity index (χ1n) is 10.6. The third kappa shape index (κ3) is 5.08. The van der Waals surface area contributed by atoms with E-state index in [0.717, 1.165) is 19.3 Å². The van der Waals surface area contributed by atoms with Crippen LogP contribution in [0.4, 0.5) is 0 Å². The number of fused-ring (bicyclic) bond motifs is 1. The average Bonchev–Trinajstić information content (AvgIpc) is 3.20. The van der Waals surface area contributed by atoms with E-state index in [9.17, 15) is 14.7 Å². The Kier molecular flexibility index (Phi) is 6.78. The number of carbonyl (C=O) groups excluding carboxylic acids is 2. The normalized spacial score (nSPS) is 27.7. The number of rotatable bonds is 8. The van der Waals surface area contributed by atoms with Crippen LogP contribution in [0.5, 0.6) is 0 Å². The fraction of sp³-hybridized carbons (Fsp3) is 0.583. The van der Waals surface area contributed by atoms with Crippen LogP contribution in [-0.2, 0) is 14.3 Å². The second-order valence-corrected chi connectivity index (χ2v) is 8.94. The van der Waals surface area contributed by atoms with Crippen molar-refractivity contribution >= 4 is 11.9 Å². The van der Waals surface area contributed by atoms with E-state index < -0.39 is 6.10 Å². The molecule has 0 unspecified atom stereocenters. The highest BCUT2D eigenvalue weighted by atomic mass is 16.6. The third-order valence-electron chi connectivity index (χ3n) is 6.31. The molecule has 1 saturated heterocycles. The third-order valence-corrected chi connectivity index (χ3v) is 6.31. The number of carbonyl (C=O) groups is 2. The summed E-state index contributed by atoms with van der Waals surface area (Å²) < 4.78 is 11.2. The number of hydrogen-bond donors (Lipinski definition) is 1. The van der Waals surface area contributed by atoms with Crippen LogP contribution in [0.1, 0.15) is 63.2 Å². The van der Waals surface area contributed by atoms with Crippen molar-refractivity contribution in [1.82, 2.24) is 0 Å². The summed E-state index contributed by atoms with van der Waals surface area (Å²) >= 11 is 0. The first-order valence-corrected chi connectivity index (χ1v) is 10.6. The predicted octanol–water partition coefficient (Wildman–Crippen LogP) is 4.30. The quantitative estimate of drug-likeness (QED) is 0.520. The van der Waals surface area contributed by atoms with Gasteiger partial charge in [0.25, 0.3) is 0 Å². The van der Waals surface area contributed by atoms with Gasteiger partial charge in [-0.2, -0.15) is 0 Å². The Bertz CT molecular complexity index is 739. The average molecular weight is 401 g/mol. The lowest BCUT2D eigenvalue weighted by molar-refractivity contribution is -0.141. The van der Waals surface area contributed by atoms with Gasteiger partial charge < -0.3 is 14.6 Å². The molecule has 5 atom stereocenters. The molecule has 1 aromatic carbocycles. The molecule has 1 aromatic rings. The number of benzene rings is 1. The minimum absolute atomic E-state index is 0.0155. The Hall–Kier alpha value is -2.14. The Morgan fingerprint density at radius 2 is 2.07 bits per heavy atom. The molecule has 29 heavy (non-hydrogen) atoms. The van der Waals surface area contributed by atoms with E-state index in [-0.39, 0.29) is 41.4 Å². The topological polar surface area (TPSA) is 72.8 Å². The zero-order chi connectivity index (χ0) is 21.0. The van der Waals surface area contributed by atoms with Crippen LogP contribution in [0.25, 0.3) is 0 Å². The molecular weight excluding hydrogens is 368 g/mol. The number of unbranched alkanes of at least 4 members (excludes halogenated alkanes) is 1. The van der Waals surface area contributed by atoms with Crippen molar-refractivity contribution in [3.63, 3.8) is 0 Å². The van der Waals surface area contributed by atoms with Crippen molar-refractivity contribution < 1.29 is 24.2 Å². The smallest absolute Gasteiger partial charge is 0.338 e. The van der Waals surface area contributed by atoms with E-state index in [4.69, 9.17) is 9.47 Å². The summed E-state index contributed by atoms with van der Waals surface area (Å²) in [5, 5.41) is 10.7. The number of aliphatic hydroxyl groups excluding tert-OH is 1. The summed E-state index contributed by atoms with van der Waals surface area (Å²) in [6, 6.07) is 8.90. The second kappa shape index (κ2) is 9.12. The first kappa shape index (κ1) is 21.6. The Labute approximate surface area is 173 Å². The molecule has 0 aromatic heterocycles. The molecule has 3 rings (SSSR count). The lowest BCUT2D eigenvalue weighted by Crippen LogP contribution is -2.29. The standard InChI is InChI=1S/C24H32O5/c1-4-5-13-24(2,3)21(25)12-11-17-18-14-22(26)28-20(18)15-19(17)29-23(27)16-9-7-6-8-10-16/h6-12,17-21,25H,4-5,13-15H2,1-3H3/b12-11+/t17-,18-,19-,20+,21-/m1/s1. The SMILES string of the molecule is CCCCC(C)(C)[C@H](O)/C=C/[C@@H]1[C@H]2CC(=O)O[C@H]2C[C@H]1OC(=O)c1ccccc1. The highest BCUT2D eigenvalue weighted by molar-refractivity contribution is 5.89. The van der Waals surface area contributed by atoms with Crippen molar-refractivity contribution in [2.75, 3.05) is 0 Å². The molecule has 2 aliphatic rings. The van der Waals surface area contributed by atoms with Crippen LogP contribution in [0.3, 0.4) is 0 Å². The summed E-state index contributed by atoms with van der Waals surface area (Å²) in [6.07, 6.45) is 6.46. The van der Waals surface area contributed by atoms with Crippen LogP contribution < -0.4 is 0 Å². The van der Waals surface area contributed by atoms with E-state index in [1.807, 2.05) is 18.2 Å². The Balaban J connectivity index is 1.73. The number of hydrogen-bond acceptors (Lipinski definition) is 5. The minimum atomic E-state index is -0.600. The van der Waals surface area contributed by atoms with Crippen molar-refractivity contribution in [1.29, 1.82) is 0 Å². The molecule has 5 nitrogen and oxygen atoms in total. The van der Waals surface area contributed by atoms with Gasteiger partial charge in [0.1, 0.15) is 12.2 Å². The van der Waals surface area contributed by atoms with Gasteiger partial charge in [-0.1, -0.05) is 64.0 Å². The molecule has 1 saturated carbocycles. The lowest BCUT2D eigenvalue weighted by Gasteiger charge is -2.29. The van der Waals surface area contributed by atoms with Crippen molar-refractivity contribution in [2.45, 2.75) is 71.2 Å². The molecule has 2 fully saturated rings. The van der Waals surface area contributed by atoms with Crippen LogP contribution in [-0.4, -0.2) is 35.4 Å². The van der Waals surface area contributed by atoms with Gasteiger partial charge in [-0.15, -0.1) is 0 Å². The molecule has 1 aliphatic carbocycles. The molecule has 1 N–H and O–H groups in total. The van der Waals surface area contributed by atoms with Gasteiger partial charge in [0, 0.05) is 18.3 Å². The van der Waals surface area contributed by atoms with Gasteiger partial charge in [0.05, 0.1) is 18.1 Å². The molecule has 5 heteroatoms. The maximum atomic E-state index is 12.5. The van der Waals surface area contributed by atoms with E-state index in [0.29, 0.717) is 18.4 Å². The molecule has 0 spiro atoms. The second-order valence-electron chi connectivity index (χ2n) is 8.94. The largest absolute Gasteiger partial charge is 0.462 e. The molecule has 0 radical (unpaired) electrons. The molecule has 1 heterocycles. The number of ether oxygens (including phenoxy) is 2. The zero-order valence-electron chi connectivity index (χ0n) is 17.5. The Morgan fingerprint density at radius 3 is 2.76 bits per heavy atom. The van der Waals surface area contributed by atoms with Crippen molar-refractivity contribution in [2.24, 2.45) is 17.3 Å². The van der Waals surface area contributed by atoms with Crippen molar-refractivity contribution in [3.8, 4) is 0 Å². The number of aliphatic hydroxyl groups is 1. The van der Waals surface area contributed by atoms with Gasteiger partial charge in [0.15, 0.2) is 0 Å². The fourth-order valence-corrected chi connectivity index (χ4v) is 4.34. The van der Waals surface area contributed by atoms with Crippen LogP contribution in [0.15, 0.2) is 42.5 Å². The predicted molar refractivity (Wildman–Crippen MR) is 110 cm³/mol. The van der Waals surface area contributed by atoms with Gasteiger partial charge in [0.2, 0.25) is 0 Å². The van der Waals surface area contributed by atoms with Gasteiger partial charge >= 0.3 is 11.9 Å². The maximum absolute atomic E-state index is 12.5. The summed E-state index contributed by atoms with van der Waals surface area (Å²) in [6.45, 7) is 6.26. The van der Waals surface area contributed by atoms with E-state index in [1.165, 1.54) is 0 Å². The van der Waals surface area contributed by atoms with Gasteiger partial charge in [-0.3, -0.25) is 4.79 Å². The van der Waals surface area contributed by atoms with E-state index in [1.54, 1.807) is 24.3 Å². The molecule has 158 valence electrons. The van der Waals surface area contributed by atoms with Crippen LogP contribution in [0, 0.1) is 17.3 Å². The summed E-state index contributed by atoms with van der Waals surface area (Å²) in [5.74, 6) is -0.729. The van der Waals surface area contributed by atoms with Crippen molar-refractivity contribution in [3.05, 3.63) is 48.0 Å². The molecule has 0 amide bonds. The Morgan fingerprint density at radius 1 is 1.34 bits per heavy atom. The molecule has 1 aliphatic heterocycles. The minimum Gasteiger partial charge on any atom is -0.462 e. The van der Waals surface area contributed by atoms with Crippen LogP contribution >= 0.6 is 0 Å². The highest BCUT2D eigenvalue weighted by Crippen LogP contribution is 2.44. The lowest BCUT2D eigenvalue weighted by atomic mass is 9.80. The van der Waals surface area contributed by atoms with Crippen LogP contribution in [0.2, 0.25) is 0 Å². The monoisotopic (exact) mass is 400 g/mol. The van der Waals surface area contributed by atoms with E-state index >= 15 is 0 Å². The maximum Gasteiger partial charge on any atom is 0.338 e. The molecule has 0 bridgehead atoms. The summed E-state index contributed by atoms with van der Waals surface area (Å²) in [5.41, 5.74) is 0.271. The van der Waals surface area contributed by atoms with Gasteiger partial charge in [-0.25, -0.2) is 4.79 Å². The summed E-state index contributed by atoms with van der Waals surface area (Å²) in [7, 11) is 0. The van der Waals surface area contributed by atoms with E-state index in [2.05, 4.69) is 20.8 Å². The van der Waals surface area contributed by atoms with Gasteiger partial charge in [-0.05, 0) is 24.0 Å². The number of esters is 2. The fourth-order valence-electron chi connectivity index (χ4n) is 4.34. The summed E-state index contributed by atoms with van der Waals surface area (Å²) in [4.78, 5) is 24.3. The molecular formula is C24H32O5. The highest BCUT2D eigenvalue weighted by Gasteiger charge is 2.50. The zero-order valence-corrected chi connectivity index (χ0v) is 17.5. The first-order chi connectivity index (χ1) is 13.8.